The first-order chi connectivity index (χ1) is 17.6. The molecular weight excluding hydrogens is 442 g/mol. The molecule has 188 valence electrons. The lowest BCUT2D eigenvalue weighted by molar-refractivity contribution is -0.133. The largest absolute Gasteiger partial charge is 0.343 e. The summed E-state index contributed by atoms with van der Waals surface area (Å²) < 4.78 is 2.31. The van der Waals surface area contributed by atoms with E-state index >= 15 is 0 Å². The summed E-state index contributed by atoms with van der Waals surface area (Å²) in [6.45, 7) is 6.42. The fourth-order valence-electron chi connectivity index (χ4n) is 7.37. The lowest BCUT2D eigenvalue weighted by atomic mass is 9.78. The Labute approximate surface area is 215 Å². The maximum atomic E-state index is 13.5. The SMILES string of the molecule is Cc1ccc(C2(CCC(=O)N3CCC(CC4CCCC4C)CC3)c3ccccc3-c3nccn32)cc1. The molecule has 1 aromatic heterocycles. The van der Waals surface area contributed by atoms with Crippen molar-refractivity contribution >= 4 is 5.91 Å². The summed E-state index contributed by atoms with van der Waals surface area (Å²) in [5, 5.41) is 0. The molecule has 1 saturated carbocycles. The Morgan fingerprint density at radius 3 is 2.56 bits per heavy atom. The van der Waals surface area contributed by atoms with Crippen LogP contribution in [0.4, 0.5) is 0 Å². The van der Waals surface area contributed by atoms with Crippen molar-refractivity contribution in [1.29, 1.82) is 0 Å². The van der Waals surface area contributed by atoms with Crippen LogP contribution in [0.3, 0.4) is 0 Å². The summed E-state index contributed by atoms with van der Waals surface area (Å²) in [4.78, 5) is 20.4. The highest BCUT2D eigenvalue weighted by Crippen LogP contribution is 2.49. The molecule has 0 N–H and O–H groups in total. The van der Waals surface area contributed by atoms with E-state index in [1.54, 1.807) is 0 Å². The summed E-state index contributed by atoms with van der Waals surface area (Å²) in [6, 6.07) is 17.4. The summed E-state index contributed by atoms with van der Waals surface area (Å²) in [7, 11) is 0. The molecule has 3 heterocycles. The second-order valence-electron chi connectivity index (χ2n) is 11.6. The zero-order valence-corrected chi connectivity index (χ0v) is 21.8. The number of imidazole rings is 1. The van der Waals surface area contributed by atoms with Crippen LogP contribution >= 0.6 is 0 Å². The number of hydrogen-bond acceptors (Lipinski definition) is 2. The number of rotatable bonds is 6. The second kappa shape index (κ2) is 9.53. The number of nitrogens with zero attached hydrogens (tertiary/aromatic N) is 3. The lowest BCUT2D eigenvalue weighted by Crippen LogP contribution is -2.40. The van der Waals surface area contributed by atoms with E-state index in [4.69, 9.17) is 4.98 Å². The van der Waals surface area contributed by atoms with Gasteiger partial charge in [0, 0.05) is 37.5 Å². The number of hydrogen-bond donors (Lipinski definition) is 0. The number of carbonyl (C=O) groups excluding carboxylic acids is 1. The van der Waals surface area contributed by atoms with Crippen molar-refractivity contribution in [3.63, 3.8) is 0 Å². The summed E-state index contributed by atoms with van der Waals surface area (Å²) in [5.74, 6) is 3.91. The maximum absolute atomic E-state index is 13.5. The molecule has 1 aliphatic carbocycles. The number of fused-ring (bicyclic) bond motifs is 3. The fourth-order valence-corrected chi connectivity index (χ4v) is 7.37. The van der Waals surface area contributed by atoms with Crippen LogP contribution < -0.4 is 0 Å². The van der Waals surface area contributed by atoms with Crippen molar-refractivity contribution in [1.82, 2.24) is 14.5 Å². The minimum absolute atomic E-state index is 0.306. The van der Waals surface area contributed by atoms with Gasteiger partial charge >= 0.3 is 0 Å². The Morgan fingerprint density at radius 2 is 1.81 bits per heavy atom. The predicted molar refractivity (Wildman–Crippen MR) is 145 cm³/mol. The Morgan fingerprint density at radius 1 is 1.03 bits per heavy atom. The van der Waals surface area contributed by atoms with Gasteiger partial charge in [0.1, 0.15) is 5.82 Å². The van der Waals surface area contributed by atoms with Gasteiger partial charge in [-0.15, -0.1) is 0 Å². The van der Waals surface area contributed by atoms with Gasteiger partial charge in [-0.1, -0.05) is 80.3 Å². The van der Waals surface area contributed by atoms with Gasteiger partial charge in [0.15, 0.2) is 0 Å². The third-order valence-electron chi connectivity index (χ3n) is 9.54. The molecule has 3 aliphatic rings. The van der Waals surface area contributed by atoms with Crippen molar-refractivity contribution in [2.24, 2.45) is 17.8 Å². The molecule has 2 aromatic carbocycles. The van der Waals surface area contributed by atoms with Crippen molar-refractivity contribution < 1.29 is 4.79 Å². The molecule has 4 heteroatoms. The fraction of sp³-hybridized carbons (Fsp3) is 0.500. The number of amides is 1. The minimum atomic E-state index is -0.400. The van der Waals surface area contributed by atoms with Crippen LogP contribution in [0.25, 0.3) is 11.4 Å². The Hall–Kier alpha value is -2.88. The first kappa shape index (κ1) is 23.5. The molecule has 2 aliphatic heterocycles. The molecule has 3 unspecified atom stereocenters. The zero-order valence-electron chi connectivity index (χ0n) is 21.8. The molecule has 4 nitrogen and oxygen atoms in total. The van der Waals surface area contributed by atoms with Crippen LogP contribution in [0.1, 0.15) is 75.0 Å². The number of piperidine rings is 1. The summed E-state index contributed by atoms with van der Waals surface area (Å²) >= 11 is 0. The Bertz CT molecular complexity index is 1220. The lowest BCUT2D eigenvalue weighted by Gasteiger charge is -2.36. The molecule has 2 fully saturated rings. The normalized spacial score (nSPS) is 25.7. The van der Waals surface area contributed by atoms with E-state index in [2.05, 4.69) is 78.0 Å². The quantitative estimate of drug-likeness (QED) is 0.388. The molecule has 6 rings (SSSR count). The number of aromatic nitrogens is 2. The van der Waals surface area contributed by atoms with Crippen LogP contribution in [-0.2, 0) is 10.3 Å². The van der Waals surface area contributed by atoms with E-state index < -0.39 is 5.54 Å². The third-order valence-corrected chi connectivity index (χ3v) is 9.54. The van der Waals surface area contributed by atoms with Crippen LogP contribution in [0.5, 0.6) is 0 Å². The molecule has 3 atom stereocenters. The predicted octanol–water partition coefficient (Wildman–Crippen LogP) is 6.81. The van der Waals surface area contributed by atoms with Crippen LogP contribution in [0.15, 0.2) is 60.9 Å². The van der Waals surface area contributed by atoms with Gasteiger partial charge in [0.05, 0.1) is 5.54 Å². The topological polar surface area (TPSA) is 38.1 Å². The van der Waals surface area contributed by atoms with Gasteiger partial charge in [-0.05, 0) is 61.5 Å². The van der Waals surface area contributed by atoms with Gasteiger partial charge in [-0.25, -0.2) is 4.98 Å². The average molecular weight is 482 g/mol. The summed E-state index contributed by atoms with van der Waals surface area (Å²) in [6.07, 6.45) is 13.2. The van der Waals surface area contributed by atoms with E-state index in [-0.39, 0.29) is 0 Å². The van der Waals surface area contributed by atoms with Crippen LogP contribution in [-0.4, -0.2) is 33.4 Å². The second-order valence-corrected chi connectivity index (χ2v) is 11.6. The van der Waals surface area contributed by atoms with Gasteiger partial charge in [-0.3, -0.25) is 4.79 Å². The third kappa shape index (κ3) is 3.99. The van der Waals surface area contributed by atoms with E-state index in [9.17, 15) is 4.79 Å². The van der Waals surface area contributed by atoms with E-state index in [1.165, 1.54) is 60.8 Å². The standard InChI is InChI=1S/C32H39N3O/c1-23-10-12-27(13-11-23)32(29-9-4-3-8-28(29)31-33-18-21-35(31)32)17-14-30(36)34-19-15-25(16-20-34)22-26-7-5-6-24(26)2/h3-4,8-13,18,21,24-26H,5-7,14-17,19-20,22H2,1-2H3. The van der Waals surface area contributed by atoms with E-state index in [0.717, 1.165) is 43.1 Å². The number of likely N-dealkylation sites (tertiary alicyclic amines) is 1. The summed E-state index contributed by atoms with van der Waals surface area (Å²) in [5.41, 5.74) is 4.51. The Balaban J connectivity index is 1.20. The monoisotopic (exact) mass is 481 g/mol. The molecule has 3 aromatic rings. The van der Waals surface area contributed by atoms with Crippen molar-refractivity contribution in [2.75, 3.05) is 13.1 Å². The molecule has 0 radical (unpaired) electrons. The first-order valence-corrected chi connectivity index (χ1v) is 14.0. The van der Waals surface area contributed by atoms with Crippen molar-refractivity contribution in [3.05, 3.63) is 77.6 Å². The zero-order chi connectivity index (χ0) is 24.7. The van der Waals surface area contributed by atoms with Gasteiger partial charge in [0.25, 0.3) is 0 Å². The van der Waals surface area contributed by atoms with Crippen molar-refractivity contribution in [3.8, 4) is 11.4 Å². The molecule has 1 amide bonds. The average Bonchev–Trinajstić information content (AvgIpc) is 3.61. The molecule has 0 spiro atoms. The van der Waals surface area contributed by atoms with Gasteiger partial charge in [0.2, 0.25) is 5.91 Å². The molecule has 1 saturated heterocycles. The number of benzene rings is 2. The van der Waals surface area contributed by atoms with Crippen LogP contribution in [0, 0.1) is 24.7 Å². The first-order valence-electron chi connectivity index (χ1n) is 14.0. The van der Waals surface area contributed by atoms with Crippen molar-refractivity contribution in [2.45, 2.75) is 70.8 Å². The van der Waals surface area contributed by atoms with Gasteiger partial charge in [-0.2, -0.15) is 0 Å². The van der Waals surface area contributed by atoms with E-state index in [0.29, 0.717) is 12.3 Å². The number of aryl methyl sites for hydroxylation is 1. The highest BCUT2D eigenvalue weighted by Gasteiger charge is 2.45. The smallest absolute Gasteiger partial charge is 0.222 e. The Kier molecular flexibility index (Phi) is 6.23. The molecular formula is C32H39N3O. The molecule has 36 heavy (non-hydrogen) atoms. The molecule has 0 bridgehead atoms. The maximum Gasteiger partial charge on any atom is 0.222 e. The number of carbonyl (C=O) groups is 1. The van der Waals surface area contributed by atoms with E-state index in [1.807, 2.05) is 6.20 Å². The van der Waals surface area contributed by atoms with Crippen LogP contribution in [0.2, 0.25) is 0 Å². The highest BCUT2D eigenvalue weighted by molar-refractivity contribution is 5.77. The van der Waals surface area contributed by atoms with Gasteiger partial charge < -0.3 is 9.47 Å². The minimum Gasteiger partial charge on any atom is -0.343 e. The highest BCUT2D eigenvalue weighted by atomic mass is 16.2.